The van der Waals surface area contributed by atoms with Gasteiger partial charge in [-0.1, -0.05) is 6.92 Å². The van der Waals surface area contributed by atoms with Crippen LogP contribution in [0.1, 0.15) is 72.1 Å². The van der Waals surface area contributed by atoms with Crippen molar-refractivity contribution in [1.29, 1.82) is 0 Å². The van der Waals surface area contributed by atoms with Crippen molar-refractivity contribution in [3.8, 4) is 0 Å². The minimum atomic E-state index is -0.792. The van der Waals surface area contributed by atoms with E-state index in [0.29, 0.717) is 25.2 Å². The number of carbonyl (C=O) groups excluding carboxylic acids is 4. The number of aliphatic imine (C=N–C) groups is 1. The van der Waals surface area contributed by atoms with Gasteiger partial charge in [0.15, 0.2) is 0 Å². The van der Waals surface area contributed by atoms with Crippen molar-refractivity contribution >= 4 is 46.2 Å². The summed E-state index contributed by atoms with van der Waals surface area (Å²) in [6.45, 7) is 6.25. The average Bonchev–Trinajstić information content (AvgIpc) is 3.66. The normalized spacial score (nSPS) is 17.5. The van der Waals surface area contributed by atoms with Gasteiger partial charge in [-0.25, -0.2) is 4.99 Å². The molecule has 1 unspecified atom stereocenters. The Kier molecular flexibility index (Phi) is 9.88. The lowest BCUT2D eigenvalue weighted by atomic mass is 10.1. The Bertz CT molecular complexity index is 1560. The molecule has 2 saturated heterocycles. The third kappa shape index (κ3) is 7.61. The van der Waals surface area contributed by atoms with Crippen molar-refractivity contribution < 1.29 is 23.6 Å². The van der Waals surface area contributed by atoms with Crippen LogP contribution in [-0.4, -0.2) is 83.1 Å². The molecule has 3 N–H and O–H groups in total. The number of hydrogen-bond donors (Lipinski definition) is 3. The van der Waals surface area contributed by atoms with E-state index in [9.17, 15) is 19.2 Å². The number of carbonyl (C=O) groups is 4. The summed E-state index contributed by atoms with van der Waals surface area (Å²) in [6, 6.07) is 9.52. The first kappa shape index (κ1) is 30.7. The lowest BCUT2D eigenvalue weighted by Crippen LogP contribution is -2.45. The molecule has 3 aromatic rings. The molecule has 0 radical (unpaired) electrons. The maximum absolute atomic E-state index is 13.7. The number of anilines is 1. The fourth-order valence-electron chi connectivity index (χ4n) is 5.44. The topological polar surface area (TPSA) is 149 Å². The first-order chi connectivity index (χ1) is 21.3. The van der Waals surface area contributed by atoms with Crippen LogP contribution >= 0.6 is 0 Å². The highest BCUT2D eigenvalue weighted by Crippen LogP contribution is 2.23. The lowest BCUT2D eigenvalue weighted by Gasteiger charge is -2.25. The number of nitrogens with zero attached hydrogens (tertiary/aromatic N) is 4. The quantitative estimate of drug-likeness (QED) is 0.264. The van der Waals surface area contributed by atoms with Crippen molar-refractivity contribution in [2.45, 2.75) is 58.4 Å². The van der Waals surface area contributed by atoms with E-state index in [1.807, 2.05) is 36.9 Å². The molecule has 2 aliphatic heterocycles. The molecule has 2 aliphatic rings. The van der Waals surface area contributed by atoms with Gasteiger partial charge in [0.25, 0.3) is 11.8 Å². The number of nitrogens with one attached hydrogen (secondary N) is 3. The van der Waals surface area contributed by atoms with E-state index in [2.05, 4.69) is 20.9 Å². The van der Waals surface area contributed by atoms with Gasteiger partial charge in [0.05, 0.1) is 6.54 Å². The molecule has 12 nitrogen and oxygen atoms in total. The predicted octanol–water partition coefficient (Wildman–Crippen LogP) is 3.48. The number of aryl methyl sites for hydroxylation is 1. The summed E-state index contributed by atoms with van der Waals surface area (Å²) in [5.41, 5.74) is 1.69. The second-order valence-corrected chi connectivity index (χ2v) is 11.2. The largest absolute Gasteiger partial charge is 0.461 e. The fourth-order valence-corrected chi connectivity index (χ4v) is 5.44. The van der Waals surface area contributed by atoms with Crippen LogP contribution in [0.2, 0.25) is 0 Å². The van der Waals surface area contributed by atoms with Crippen molar-refractivity contribution in [3.63, 3.8) is 0 Å². The monoisotopic (exact) mass is 601 g/mol. The summed E-state index contributed by atoms with van der Waals surface area (Å²) in [5.74, 6) is -0.344. The van der Waals surface area contributed by atoms with E-state index in [-0.39, 0.29) is 41.5 Å². The molecule has 4 heterocycles. The van der Waals surface area contributed by atoms with Crippen molar-refractivity contribution in [3.05, 3.63) is 59.6 Å². The average molecular weight is 602 g/mol. The molecule has 1 atom stereocenters. The number of pyridine rings is 1. The Hall–Kier alpha value is -4.74. The van der Waals surface area contributed by atoms with Crippen LogP contribution in [-0.2, 0) is 9.59 Å². The van der Waals surface area contributed by atoms with Crippen LogP contribution in [0.4, 0.5) is 5.69 Å². The fraction of sp³-hybridized carbons (Fsp3) is 0.438. The van der Waals surface area contributed by atoms with Gasteiger partial charge < -0.3 is 24.9 Å². The van der Waals surface area contributed by atoms with Crippen molar-refractivity contribution in [1.82, 2.24) is 25.4 Å². The van der Waals surface area contributed by atoms with Crippen LogP contribution in [0, 0.1) is 6.92 Å². The second kappa shape index (κ2) is 14.2. The van der Waals surface area contributed by atoms with Crippen LogP contribution in [0.3, 0.4) is 0 Å². The number of furan rings is 1. The summed E-state index contributed by atoms with van der Waals surface area (Å²) in [7, 11) is 0. The highest BCUT2D eigenvalue weighted by atomic mass is 16.3. The Morgan fingerprint density at radius 3 is 2.61 bits per heavy atom. The zero-order valence-corrected chi connectivity index (χ0v) is 25.2. The molecule has 0 spiro atoms. The van der Waals surface area contributed by atoms with E-state index < -0.39 is 11.9 Å². The van der Waals surface area contributed by atoms with Crippen molar-refractivity contribution in [2.75, 3.05) is 38.0 Å². The molecule has 44 heavy (non-hydrogen) atoms. The second-order valence-electron chi connectivity index (χ2n) is 11.2. The van der Waals surface area contributed by atoms with Gasteiger partial charge in [0.1, 0.15) is 23.1 Å². The molecule has 0 bridgehead atoms. The first-order valence-electron chi connectivity index (χ1n) is 15.3. The molecule has 5 rings (SSSR count). The van der Waals surface area contributed by atoms with Crippen molar-refractivity contribution in [2.24, 2.45) is 4.99 Å². The van der Waals surface area contributed by atoms with E-state index >= 15 is 0 Å². The molecule has 1 aromatic carbocycles. The standard InChI is InChI=1S/C32H39N7O5/c1-3-12-34-30(42)26-19-22(11-13-33-26)29(41)37-32(35-24-9-10-27-23(18-24)17-21(2)44-27)36-25-8-4-5-16-39(31(25)43)20-28(40)38-14-6-7-15-38/h9-11,13,17-19,25H,3-8,12,14-16,20H2,1-2H3,(H,34,42)(H2,35,36,37,41). The molecular formula is C32H39N7O5. The molecule has 0 saturated carbocycles. The van der Waals surface area contributed by atoms with Gasteiger partial charge in [-0.3, -0.25) is 29.5 Å². The highest BCUT2D eigenvalue weighted by Gasteiger charge is 2.30. The predicted molar refractivity (Wildman–Crippen MR) is 166 cm³/mol. The Balaban J connectivity index is 1.40. The van der Waals surface area contributed by atoms with Crippen LogP contribution < -0.4 is 16.0 Å². The third-order valence-corrected chi connectivity index (χ3v) is 7.75. The van der Waals surface area contributed by atoms with Gasteiger partial charge in [0, 0.05) is 49.0 Å². The van der Waals surface area contributed by atoms with Gasteiger partial charge in [-0.15, -0.1) is 0 Å². The molecule has 4 amide bonds. The number of likely N-dealkylation sites (tertiary alicyclic amines) is 2. The molecule has 0 aliphatic carbocycles. The van der Waals surface area contributed by atoms with Crippen LogP contribution in [0.5, 0.6) is 0 Å². The molecular weight excluding hydrogens is 562 g/mol. The number of amides is 4. The smallest absolute Gasteiger partial charge is 0.269 e. The van der Waals surface area contributed by atoms with E-state index in [4.69, 9.17) is 9.41 Å². The number of benzene rings is 1. The SMILES string of the molecule is CCCNC(=O)c1cc(C(=O)NC(=NC2CCCCN(CC(=O)N3CCCC3)C2=O)Nc2ccc3oc(C)cc3c2)ccn1. The summed E-state index contributed by atoms with van der Waals surface area (Å²) in [4.78, 5) is 64.6. The number of guanidine groups is 1. The summed E-state index contributed by atoms with van der Waals surface area (Å²) < 4.78 is 5.69. The van der Waals surface area contributed by atoms with E-state index in [1.54, 1.807) is 11.0 Å². The first-order valence-corrected chi connectivity index (χ1v) is 15.3. The molecule has 2 aromatic heterocycles. The molecule has 232 valence electrons. The Labute approximate surface area is 256 Å². The van der Waals surface area contributed by atoms with Crippen LogP contribution in [0.25, 0.3) is 11.0 Å². The zero-order chi connectivity index (χ0) is 31.1. The molecule has 12 heteroatoms. The number of aromatic nitrogens is 1. The zero-order valence-electron chi connectivity index (χ0n) is 25.2. The van der Waals surface area contributed by atoms with Gasteiger partial charge >= 0.3 is 0 Å². The van der Waals surface area contributed by atoms with E-state index in [0.717, 1.165) is 61.9 Å². The van der Waals surface area contributed by atoms with Gasteiger partial charge in [-0.05, 0) is 81.8 Å². The van der Waals surface area contributed by atoms with E-state index in [1.165, 1.54) is 18.3 Å². The summed E-state index contributed by atoms with van der Waals surface area (Å²) in [5, 5.41) is 9.60. The summed E-state index contributed by atoms with van der Waals surface area (Å²) >= 11 is 0. The Morgan fingerprint density at radius 1 is 1.02 bits per heavy atom. The number of fused-ring (bicyclic) bond motifs is 1. The van der Waals surface area contributed by atoms with Gasteiger partial charge in [0.2, 0.25) is 17.8 Å². The number of rotatable bonds is 8. The third-order valence-electron chi connectivity index (χ3n) is 7.75. The Morgan fingerprint density at radius 2 is 1.82 bits per heavy atom. The van der Waals surface area contributed by atoms with Gasteiger partial charge in [-0.2, -0.15) is 0 Å². The molecule has 2 fully saturated rings. The maximum Gasteiger partial charge on any atom is 0.269 e. The highest BCUT2D eigenvalue weighted by molar-refractivity contribution is 6.11. The summed E-state index contributed by atoms with van der Waals surface area (Å²) in [6.07, 6.45) is 6.12. The lowest BCUT2D eigenvalue weighted by molar-refractivity contribution is -0.140. The number of hydrogen-bond acceptors (Lipinski definition) is 7. The minimum absolute atomic E-state index is 0.0242. The maximum atomic E-state index is 13.7. The van der Waals surface area contributed by atoms with Crippen LogP contribution in [0.15, 0.2) is 52.0 Å². The minimum Gasteiger partial charge on any atom is -0.461 e.